The molecule has 53 valence electrons. The lowest BCUT2D eigenvalue weighted by atomic mass is 10.1. The highest BCUT2D eigenvalue weighted by atomic mass is 16.3. The number of hydrogen-bond donors (Lipinski definition) is 1. The van der Waals surface area contributed by atoms with Crippen molar-refractivity contribution in [3.63, 3.8) is 0 Å². The Kier molecular flexibility index (Phi) is 2.46. The van der Waals surface area contributed by atoms with Crippen LogP contribution in [0.4, 0.5) is 0 Å². The molecule has 1 nitrogen and oxygen atoms in total. The lowest BCUT2D eigenvalue weighted by Crippen LogP contribution is -1.93. The zero-order chi connectivity index (χ0) is 7.40. The van der Waals surface area contributed by atoms with Gasteiger partial charge in [0.25, 0.3) is 0 Å². The fraction of sp³-hybridized carbons (Fsp3) is 0.333. The third kappa shape index (κ3) is 1.58. The predicted octanol–water partition coefficient (Wildman–Crippen LogP) is 1.93. The molecular weight excluding hydrogens is 124 g/mol. The molecule has 0 amide bonds. The Labute approximate surface area is 61.3 Å². The molecule has 0 fully saturated rings. The molecule has 0 bridgehead atoms. The summed E-state index contributed by atoms with van der Waals surface area (Å²) >= 11 is 0. The highest BCUT2D eigenvalue weighted by Gasteiger charge is 2.00. The molecule has 0 aliphatic heterocycles. The highest BCUT2D eigenvalue weighted by molar-refractivity contribution is 5.16. The van der Waals surface area contributed by atoms with E-state index < -0.39 is 0 Å². The molecule has 0 spiro atoms. The second-order valence-corrected chi connectivity index (χ2v) is 2.26. The van der Waals surface area contributed by atoms with E-state index in [2.05, 4.69) is 6.07 Å². The maximum Gasteiger partial charge on any atom is 0.0787 e. The summed E-state index contributed by atoms with van der Waals surface area (Å²) in [7, 11) is 0. The van der Waals surface area contributed by atoms with E-state index in [1.54, 1.807) is 0 Å². The summed E-state index contributed by atoms with van der Waals surface area (Å²) in [6.07, 6.45) is 0.457. The smallest absolute Gasteiger partial charge is 0.0787 e. The van der Waals surface area contributed by atoms with E-state index in [1.807, 2.05) is 31.2 Å². The standard InChI is InChI=1S/C9H11O/c1-2-9(10)8-6-4-3-5-7-8/h4-7,9-10H,2H2,1H3. The van der Waals surface area contributed by atoms with Gasteiger partial charge in [0, 0.05) is 0 Å². The van der Waals surface area contributed by atoms with Crippen molar-refractivity contribution in [2.24, 2.45) is 0 Å². The van der Waals surface area contributed by atoms with E-state index in [1.165, 1.54) is 0 Å². The van der Waals surface area contributed by atoms with Crippen molar-refractivity contribution in [2.75, 3.05) is 0 Å². The molecule has 1 aromatic rings. The van der Waals surface area contributed by atoms with Crippen LogP contribution in [-0.4, -0.2) is 5.11 Å². The maximum absolute atomic E-state index is 9.32. The molecule has 1 unspecified atom stereocenters. The summed E-state index contributed by atoms with van der Waals surface area (Å²) in [6.45, 7) is 1.96. The second-order valence-electron chi connectivity index (χ2n) is 2.26. The lowest BCUT2D eigenvalue weighted by Gasteiger charge is -2.05. The fourth-order valence-corrected chi connectivity index (χ4v) is 0.858. The Morgan fingerprint density at radius 3 is 2.60 bits per heavy atom. The van der Waals surface area contributed by atoms with E-state index >= 15 is 0 Å². The van der Waals surface area contributed by atoms with Gasteiger partial charge in [0.15, 0.2) is 0 Å². The van der Waals surface area contributed by atoms with Gasteiger partial charge in [-0.1, -0.05) is 31.2 Å². The second kappa shape index (κ2) is 3.37. The molecule has 1 rings (SSSR count). The van der Waals surface area contributed by atoms with Gasteiger partial charge in [-0.15, -0.1) is 0 Å². The quantitative estimate of drug-likeness (QED) is 0.657. The molecule has 1 aromatic carbocycles. The monoisotopic (exact) mass is 135 g/mol. The van der Waals surface area contributed by atoms with Crippen LogP contribution in [-0.2, 0) is 0 Å². The van der Waals surface area contributed by atoms with Crippen LogP contribution in [0.2, 0.25) is 0 Å². The van der Waals surface area contributed by atoms with Crippen LogP contribution in [0, 0.1) is 6.07 Å². The first kappa shape index (κ1) is 7.29. The van der Waals surface area contributed by atoms with E-state index in [4.69, 9.17) is 0 Å². The van der Waals surface area contributed by atoms with Gasteiger partial charge in [0.1, 0.15) is 0 Å². The van der Waals surface area contributed by atoms with Crippen molar-refractivity contribution in [3.05, 3.63) is 35.9 Å². The fourth-order valence-electron chi connectivity index (χ4n) is 0.858. The van der Waals surface area contributed by atoms with Crippen LogP contribution < -0.4 is 0 Å². The first-order valence-corrected chi connectivity index (χ1v) is 3.48. The minimum absolute atomic E-state index is 0.311. The van der Waals surface area contributed by atoms with Gasteiger partial charge in [-0.2, -0.15) is 0 Å². The van der Waals surface area contributed by atoms with Gasteiger partial charge in [0.2, 0.25) is 0 Å². The SMILES string of the molecule is CCC(O)c1cc[c]cc1. The number of aliphatic hydroxyl groups excluding tert-OH is 1. The number of hydrogen-bond acceptors (Lipinski definition) is 1. The highest BCUT2D eigenvalue weighted by Crippen LogP contribution is 2.13. The van der Waals surface area contributed by atoms with Crippen molar-refractivity contribution in [1.82, 2.24) is 0 Å². The zero-order valence-electron chi connectivity index (χ0n) is 6.04. The summed E-state index contributed by atoms with van der Waals surface area (Å²) in [4.78, 5) is 0. The number of benzene rings is 1. The summed E-state index contributed by atoms with van der Waals surface area (Å²) in [5, 5.41) is 9.32. The molecule has 0 saturated heterocycles. The van der Waals surface area contributed by atoms with Crippen LogP contribution in [0.1, 0.15) is 25.0 Å². The van der Waals surface area contributed by atoms with Gasteiger partial charge < -0.3 is 5.11 Å². The minimum atomic E-state index is -0.311. The largest absolute Gasteiger partial charge is 0.388 e. The Morgan fingerprint density at radius 2 is 2.10 bits per heavy atom. The van der Waals surface area contributed by atoms with Crippen LogP contribution >= 0.6 is 0 Å². The Bertz CT molecular complexity index is 181. The van der Waals surface area contributed by atoms with Crippen molar-refractivity contribution in [3.8, 4) is 0 Å². The molecule has 1 N–H and O–H groups in total. The van der Waals surface area contributed by atoms with Crippen LogP contribution in [0.5, 0.6) is 0 Å². The molecular formula is C9H11O. The predicted molar refractivity (Wildman–Crippen MR) is 40.5 cm³/mol. The summed E-state index contributed by atoms with van der Waals surface area (Å²) < 4.78 is 0. The first-order valence-electron chi connectivity index (χ1n) is 3.48. The van der Waals surface area contributed by atoms with Crippen molar-refractivity contribution < 1.29 is 5.11 Å². The summed E-state index contributed by atoms with van der Waals surface area (Å²) in [6, 6.07) is 10.3. The minimum Gasteiger partial charge on any atom is -0.388 e. The maximum atomic E-state index is 9.32. The molecule has 0 saturated carbocycles. The molecule has 0 aliphatic carbocycles. The third-order valence-electron chi connectivity index (χ3n) is 1.52. The van der Waals surface area contributed by atoms with Crippen LogP contribution in [0.25, 0.3) is 0 Å². The van der Waals surface area contributed by atoms with E-state index in [0.29, 0.717) is 0 Å². The molecule has 1 heteroatoms. The molecule has 0 aromatic heterocycles. The van der Waals surface area contributed by atoms with E-state index in [9.17, 15) is 5.11 Å². The Balaban J connectivity index is 2.75. The van der Waals surface area contributed by atoms with Crippen molar-refractivity contribution in [2.45, 2.75) is 19.4 Å². The molecule has 10 heavy (non-hydrogen) atoms. The van der Waals surface area contributed by atoms with E-state index in [-0.39, 0.29) is 6.10 Å². The Hall–Kier alpha value is -0.820. The summed E-state index contributed by atoms with van der Waals surface area (Å²) in [5.74, 6) is 0. The van der Waals surface area contributed by atoms with Gasteiger partial charge in [-0.25, -0.2) is 0 Å². The van der Waals surface area contributed by atoms with Crippen molar-refractivity contribution >= 4 is 0 Å². The van der Waals surface area contributed by atoms with Gasteiger partial charge in [-0.3, -0.25) is 0 Å². The van der Waals surface area contributed by atoms with Crippen LogP contribution in [0.3, 0.4) is 0 Å². The van der Waals surface area contributed by atoms with Gasteiger partial charge >= 0.3 is 0 Å². The average Bonchev–Trinajstić information content (AvgIpc) is 2.05. The zero-order valence-corrected chi connectivity index (χ0v) is 6.04. The molecule has 0 aliphatic rings. The van der Waals surface area contributed by atoms with E-state index in [0.717, 1.165) is 12.0 Å². The van der Waals surface area contributed by atoms with Gasteiger partial charge in [0.05, 0.1) is 6.10 Å². The number of rotatable bonds is 2. The molecule has 1 atom stereocenters. The van der Waals surface area contributed by atoms with Crippen molar-refractivity contribution in [1.29, 1.82) is 0 Å². The summed E-state index contributed by atoms with van der Waals surface area (Å²) in [5.41, 5.74) is 0.973. The molecule has 1 radical (unpaired) electrons. The molecule has 0 heterocycles. The number of aliphatic hydroxyl groups is 1. The first-order chi connectivity index (χ1) is 4.84. The lowest BCUT2D eigenvalue weighted by molar-refractivity contribution is 0.173. The Morgan fingerprint density at radius 1 is 1.50 bits per heavy atom. The normalized spacial score (nSPS) is 13.0. The average molecular weight is 135 g/mol. The topological polar surface area (TPSA) is 20.2 Å². The van der Waals surface area contributed by atoms with Crippen LogP contribution in [0.15, 0.2) is 24.3 Å². The van der Waals surface area contributed by atoms with Gasteiger partial charge in [-0.05, 0) is 18.1 Å². The third-order valence-corrected chi connectivity index (χ3v) is 1.52.